The highest BCUT2D eigenvalue weighted by Crippen LogP contribution is 2.34. The highest BCUT2D eigenvalue weighted by atomic mass is 79.9. The third-order valence-electron chi connectivity index (χ3n) is 4.41. The molecule has 3 rings (SSSR count). The van der Waals surface area contributed by atoms with Gasteiger partial charge in [0.2, 0.25) is 5.88 Å². The van der Waals surface area contributed by atoms with Crippen molar-refractivity contribution in [3.63, 3.8) is 0 Å². The lowest BCUT2D eigenvalue weighted by Gasteiger charge is -2.33. The maximum Gasteiger partial charge on any atom is 0.232 e. The molecule has 0 amide bonds. The molecule has 134 valence electrons. The van der Waals surface area contributed by atoms with Crippen LogP contribution >= 0.6 is 15.9 Å². The van der Waals surface area contributed by atoms with Crippen LogP contribution in [0.2, 0.25) is 0 Å². The number of hydrogen-bond donors (Lipinski definition) is 0. The average molecular weight is 415 g/mol. The fourth-order valence-electron chi connectivity index (χ4n) is 2.98. The number of pyridine rings is 1. The number of nitriles is 1. The summed E-state index contributed by atoms with van der Waals surface area (Å²) in [6.07, 6.45) is 0.603. The fourth-order valence-corrected chi connectivity index (χ4v) is 3.24. The van der Waals surface area contributed by atoms with E-state index in [-0.39, 0.29) is 23.9 Å². The van der Waals surface area contributed by atoms with Gasteiger partial charge in [-0.3, -0.25) is 4.79 Å². The van der Waals surface area contributed by atoms with Crippen molar-refractivity contribution in [2.24, 2.45) is 0 Å². The van der Waals surface area contributed by atoms with Gasteiger partial charge in [0, 0.05) is 27.7 Å². The van der Waals surface area contributed by atoms with E-state index in [1.165, 1.54) is 0 Å². The number of aromatic nitrogens is 1. The van der Waals surface area contributed by atoms with E-state index >= 15 is 0 Å². The number of carbonyl (C=O) groups excluding carboxylic acids is 1. The van der Waals surface area contributed by atoms with E-state index in [0.717, 1.165) is 21.3 Å². The summed E-state index contributed by atoms with van der Waals surface area (Å²) in [5.41, 5.74) is 3.20. The monoisotopic (exact) mass is 414 g/mol. The molecular weight excluding hydrogens is 396 g/mol. The van der Waals surface area contributed by atoms with Crippen molar-refractivity contribution in [3.8, 4) is 11.9 Å². The maximum absolute atomic E-state index is 12.3. The van der Waals surface area contributed by atoms with E-state index in [4.69, 9.17) is 9.47 Å². The topological polar surface area (TPSA) is 72.2 Å². The molecule has 5 nitrogen and oxygen atoms in total. The summed E-state index contributed by atoms with van der Waals surface area (Å²) in [6.45, 7) is 6.11. The van der Waals surface area contributed by atoms with Gasteiger partial charge in [-0.05, 0) is 38.5 Å². The minimum atomic E-state index is -0.350. The summed E-state index contributed by atoms with van der Waals surface area (Å²) in [7, 11) is 0. The van der Waals surface area contributed by atoms with Gasteiger partial charge < -0.3 is 9.47 Å². The molecule has 0 N–H and O–H groups in total. The average Bonchev–Trinajstić information content (AvgIpc) is 2.59. The number of fused-ring (bicyclic) bond motifs is 1. The number of nitrogens with zero attached hydrogens (tertiary/aromatic N) is 2. The van der Waals surface area contributed by atoms with Gasteiger partial charge in [-0.15, -0.1) is 0 Å². The molecule has 1 aliphatic rings. The summed E-state index contributed by atoms with van der Waals surface area (Å²) in [5.74, 6) is 0.0501. The minimum absolute atomic E-state index is 0.165. The minimum Gasteiger partial charge on any atom is -0.468 e. The van der Waals surface area contributed by atoms with Gasteiger partial charge in [-0.2, -0.15) is 5.26 Å². The summed E-state index contributed by atoms with van der Waals surface area (Å²) in [6, 6.07) is 9.26. The van der Waals surface area contributed by atoms with Crippen molar-refractivity contribution in [3.05, 3.63) is 56.7 Å². The molecule has 2 heterocycles. The first-order chi connectivity index (χ1) is 12.3. The maximum atomic E-state index is 12.3. The largest absolute Gasteiger partial charge is 0.468 e. The Bertz CT molecular complexity index is 899. The second kappa shape index (κ2) is 7.18. The number of halogens is 1. The van der Waals surface area contributed by atoms with E-state index < -0.39 is 0 Å². The van der Waals surface area contributed by atoms with Crippen LogP contribution in [-0.2, 0) is 17.8 Å². The van der Waals surface area contributed by atoms with E-state index in [0.29, 0.717) is 24.2 Å². The van der Waals surface area contributed by atoms with Crippen LogP contribution in [0.4, 0.5) is 0 Å². The lowest BCUT2D eigenvalue weighted by Crippen LogP contribution is -2.33. The van der Waals surface area contributed by atoms with Crippen molar-refractivity contribution in [2.75, 3.05) is 6.61 Å². The predicted molar refractivity (Wildman–Crippen MR) is 100 cm³/mol. The number of hydrogen-bond acceptors (Lipinski definition) is 5. The molecule has 6 heteroatoms. The van der Waals surface area contributed by atoms with Gasteiger partial charge >= 0.3 is 0 Å². The number of carbonyl (C=O) groups is 1. The Kier molecular flexibility index (Phi) is 5.12. The molecule has 0 saturated heterocycles. The number of rotatable bonds is 4. The Balaban J connectivity index is 1.86. The molecule has 1 aromatic heterocycles. The van der Waals surface area contributed by atoms with Gasteiger partial charge in [0.05, 0.1) is 12.2 Å². The van der Waals surface area contributed by atoms with Gasteiger partial charge in [0.15, 0.2) is 12.4 Å². The van der Waals surface area contributed by atoms with Gasteiger partial charge in [-0.25, -0.2) is 4.98 Å². The first-order valence-corrected chi connectivity index (χ1v) is 9.08. The molecule has 0 radical (unpaired) electrons. The normalized spacial score (nSPS) is 15.0. The number of benzene rings is 1. The standard InChI is InChI=1S/C20H19BrN2O3/c1-12-17-10-26-20(2,3)8-15(17)16(9-22)19(23-12)25-11-18(24)13-4-6-14(21)7-5-13/h4-7H,8,10-11H2,1-3H3. The summed E-state index contributed by atoms with van der Waals surface area (Å²) < 4.78 is 12.4. The van der Waals surface area contributed by atoms with Crippen LogP contribution in [0.25, 0.3) is 0 Å². The van der Waals surface area contributed by atoms with Crippen LogP contribution in [0.1, 0.15) is 46.6 Å². The summed E-state index contributed by atoms with van der Waals surface area (Å²) in [5, 5.41) is 9.65. The van der Waals surface area contributed by atoms with E-state index in [1.54, 1.807) is 24.3 Å². The molecule has 0 unspecified atom stereocenters. The molecule has 0 fully saturated rings. The highest BCUT2D eigenvalue weighted by molar-refractivity contribution is 9.10. The fraction of sp³-hybridized carbons (Fsp3) is 0.350. The first kappa shape index (κ1) is 18.6. The van der Waals surface area contributed by atoms with Crippen molar-refractivity contribution < 1.29 is 14.3 Å². The van der Waals surface area contributed by atoms with Gasteiger partial charge in [0.25, 0.3) is 0 Å². The predicted octanol–water partition coefficient (Wildman–Crippen LogP) is 4.14. The number of ether oxygens (including phenoxy) is 2. The highest BCUT2D eigenvalue weighted by Gasteiger charge is 2.31. The third kappa shape index (κ3) is 3.79. The van der Waals surface area contributed by atoms with Crippen LogP contribution in [-0.4, -0.2) is 23.0 Å². The Morgan fingerprint density at radius 3 is 2.69 bits per heavy atom. The van der Waals surface area contributed by atoms with Crippen LogP contribution in [0, 0.1) is 18.3 Å². The molecule has 0 aliphatic carbocycles. The lowest BCUT2D eigenvalue weighted by atomic mass is 9.88. The molecule has 0 spiro atoms. The second-order valence-electron chi connectivity index (χ2n) is 6.89. The zero-order valence-corrected chi connectivity index (χ0v) is 16.5. The Morgan fingerprint density at radius 2 is 2.04 bits per heavy atom. The quantitative estimate of drug-likeness (QED) is 0.702. The summed E-state index contributed by atoms with van der Waals surface area (Å²) in [4.78, 5) is 16.7. The zero-order valence-electron chi connectivity index (χ0n) is 14.9. The molecular formula is C20H19BrN2O3. The Hall–Kier alpha value is -2.23. The lowest BCUT2D eigenvalue weighted by molar-refractivity contribution is -0.0407. The van der Waals surface area contributed by atoms with Crippen LogP contribution in [0.15, 0.2) is 28.7 Å². The van der Waals surface area contributed by atoms with Crippen LogP contribution in [0.5, 0.6) is 5.88 Å². The van der Waals surface area contributed by atoms with Crippen molar-refractivity contribution in [1.29, 1.82) is 5.26 Å². The second-order valence-corrected chi connectivity index (χ2v) is 7.81. The van der Waals surface area contributed by atoms with Crippen LogP contribution in [0.3, 0.4) is 0 Å². The molecule has 1 aromatic carbocycles. The van der Waals surface area contributed by atoms with E-state index in [2.05, 4.69) is 27.0 Å². The molecule has 26 heavy (non-hydrogen) atoms. The van der Waals surface area contributed by atoms with Crippen LogP contribution < -0.4 is 4.74 Å². The molecule has 0 saturated carbocycles. The van der Waals surface area contributed by atoms with Crippen molar-refractivity contribution in [2.45, 2.75) is 39.4 Å². The molecule has 2 aromatic rings. The number of Topliss-reactive ketones (excluding diaryl/α,β-unsaturated/α-hetero) is 1. The van der Waals surface area contributed by atoms with E-state index in [1.807, 2.05) is 20.8 Å². The van der Waals surface area contributed by atoms with Gasteiger partial charge in [0.1, 0.15) is 11.6 Å². The third-order valence-corrected chi connectivity index (χ3v) is 4.94. The SMILES string of the molecule is Cc1nc(OCC(=O)c2ccc(Br)cc2)c(C#N)c2c1COC(C)(C)C2. The smallest absolute Gasteiger partial charge is 0.232 e. The first-order valence-electron chi connectivity index (χ1n) is 8.29. The Labute approximate surface area is 161 Å². The van der Waals surface area contributed by atoms with Crippen molar-refractivity contribution in [1.82, 2.24) is 4.98 Å². The molecule has 1 aliphatic heterocycles. The molecule has 0 atom stereocenters. The number of aryl methyl sites for hydroxylation is 1. The van der Waals surface area contributed by atoms with Crippen molar-refractivity contribution >= 4 is 21.7 Å². The van der Waals surface area contributed by atoms with Gasteiger partial charge in [-0.1, -0.05) is 28.1 Å². The molecule has 0 bridgehead atoms. The zero-order chi connectivity index (χ0) is 18.9. The summed E-state index contributed by atoms with van der Waals surface area (Å²) >= 11 is 3.34. The van der Waals surface area contributed by atoms with E-state index in [9.17, 15) is 10.1 Å². The Morgan fingerprint density at radius 1 is 1.35 bits per heavy atom. The number of ketones is 1.